The molecule has 3 rings (SSSR count). The molecule has 0 saturated carbocycles. The van der Waals surface area contributed by atoms with Gasteiger partial charge in [-0.2, -0.15) is 4.39 Å². The molecule has 3 aromatic carbocycles. The van der Waals surface area contributed by atoms with Gasteiger partial charge in [-0.15, -0.1) is 0 Å². The molecule has 0 aliphatic rings. The van der Waals surface area contributed by atoms with E-state index in [-0.39, 0.29) is 39.2 Å². The highest BCUT2D eigenvalue weighted by molar-refractivity contribution is 6.30. The molecule has 0 atom stereocenters. The third-order valence-corrected chi connectivity index (χ3v) is 4.40. The number of nitro groups is 2. The number of nitrogens with one attached hydrogen (secondary N) is 1. The van der Waals surface area contributed by atoms with Gasteiger partial charge in [0, 0.05) is 28.4 Å². The van der Waals surface area contributed by atoms with E-state index in [4.69, 9.17) is 21.1 Å². The molecule has 12 heteroatoms. The Kier molecular flexibility index (Phi) is 6.50. The molecule has 0 spiro atoms. The highest BCUT2D eigenvalue weighted by atomic mass is 35.5. The summed E-state index contributed by atoms with van der Waals surface area (Å²) in [6.45, 7) is 0. The largest absolute Gasteiger partial charge is 0.493 e. The summed E-state index contributed by atoms with van der Waals surface area (Å²) < 4.78 is 24.3. The van der Waals surface area contributed by atoms with E-state index >= 15 is 0 Å². The predicted molar refractivity (Wildman–Crippen MR) is 112 cm³/mol. The van der Waals surface area contributed by atoms with E-state index in [1.54, 1.807) is 0 Å². The van der Waals surface area contributed by atoms with Crippen molar-refractivity contribution in [3.05, 3.63) is 91.2 Å². The molecule has 0 heterocycles. The summed E-state index contributed by atoms with van der Waals surface area (Å²) in [4.78, 5) is 33.1. The van der Waals surface area contributed by atoms with Gasteiger partial charge in [-0.3, -0.25) is 25.0 Å². The zero-order valence-corrected chi connectivity index (χ0v) is 17.0. The Morgan fingerprint density at radius 2 is 1.62 bits per heavy atom. The summed E-state index contributed by atoms with van der Waals surface area (Å²) in [5, 5.41) is 24.7. The van der Waals surface area contributed by atoms with Crippen molar-refractivity contribution in [1.29, 1.82) is 0 Å². The number of carbonyl (C=O) groups is 1. The first-order valence-corrected chi connectivity index (χ1v) is 9.12. The van der Waals surface area contributed by atoms with Gasteiger partial charge in [0.15, 0.2) is 11.5 Å². The van der Waals surface area contributed by atoms with Crippen LogP contribution in [0.4, 0.5) is 21.5 Å². The third kappa shape index (κ3) is 4.90. The molecular weight excluding hydrogens is 449 g/mol. The number of carbonyl (C=O) groups excluding carboxylic acids is 1. The predicted octanol–water partition coefficient (Wildman–Crippen LogP) is 5.35. The maximum atomic E-state index is 13.5. The second-order valence-corrected chi connectivity index (χ2v) is 6.65. The van der Waals surface area contributed by atoms with Crippen molar-refractivity contribution in [2.24, 2.45) is 0 Å². The normalized spacial score (nSPS) is 10.3. The average molecular weight is 462 g/mol. The number of anilines is 1. The van der Waals surface area contributed by atoms with Crippen molar-refractivity contribution in [1.82, 2.24) is 0 Å². The minimum Gasteiger partial charge on any atom is -0.493 e. The molecule has 1 amide bonds. The molecule has 1 N–H and O–H groups in total. The SMILES string of the molecule is COc1cc(C(=O)Nc2ccc(F)c([N+](=O)[O-])c2)ccc1Oc1ccc(Cl)cc1[N+](=O)[O-]. The molecule has 32 heavy (non-hydrogen) atoms. The molecule has 10 nitrogen and oxygen atoms in total. The molecule has 3 aromatic rings. The first-order valence-electron chi connectivity index (χ1n) is 8.74. The van der Waals surface area contributed by atoms with Gasteiger partial charge in [-0.1, -0.05) is 11.6 Å². The Labute approximate surface area is 184 Å². The number of hydrogen-bond acceptors (Lipinski definition) is 7. The van der Waals surface area contributed by atoms with Crippen LogP contribution in [0.5, 0.6) is 17.2 Å². The van der Waals surface area contributed by atoms with Crippen LogP contribution < -0.4 is 14.8 Å². The lowest BCUT2D eigenvalue weighted by Crippen LogP contribution is -2.12. The Hall–Kier alpha value is -4.25. The summed E-state index contributed by atoms with van der Waals surface area (Å²) in [6, 6.07) is 10.8. The summed E-state index contributed by atoms with van der Waals surface area (Å²) in [6.07, 6.45) is 0. The first-order chi connectivity index (χ1) is 15.2. The molecule has 0 aliphatic heterocycles. The lowest BCUT2D eigenvalue weighted by atomic mass is 10.1. The van der Waals surface area contributed by atoms with Crippen LogP contribution in [0.3, 0.4) is 0 Å². The molecular formula is C20H13ClFN3O7. The molecule has 0 saturated heterocycles. The minimum absolute atomic E-state index is 0.0131. The van der Waals surface area contributed by atoms with Crippen LogP contribution in [-0.4, -0.2) is 22.9 Å². The lowest BCUT2D eigenvalue weighted by Gasteiger charge is -2.12. The van der Waals surface area contributed by atoms with E-state index in [0.29, 0.717) is 0 Å². The summed E-state index contributed by atoms with van der Waals surface area (Å²) in [5.41, 5.74) is -1.04. The quantitative estimate of drug-likeness (QED) is 0.370. The zero-order chi connectivity index (χ0) is 23.4. The molecule has 164 valence electrons. The van der Waals surface area contributed by atoms with Gasteiger partial charge in [0.1, 0.15) is 0 Å². The van der Waals surface area contributed by atoms with Gasteiger partial charge in [0.25, 0.3) is 5.91 Å². The van der Waals surface area contributed by atoms with E-state index in [9.17, 15) is 29.4 Å². The maximum Gasteiger partial charge on any atom is 0.313 e. The summed E-state index contributed by atoms with van der Waals surface area (Å²) in [5.74, 6) is -1.60. The van der Waals surface area contributed by atoms with Gasteiger partial charge >= 0.3 is 11.4 Å². The summed E-state index contributed by atoms with van der Waals surface area (Å²) >= 11 is 5.79. The Morgan fingerprint density at radius 3 is 2.28 bits per heavy atom. The van der Waals surface area contributed by atoms with Crippen LogP contribution in [0.2, 0.25) is 5.02 Å². The van der Waals surface area contributed by atoms with Gasteiger partial charge in [-0.25, -0.2) is 0 Å². The fourth-order valence-electron chi connectivity index (χ4n) is 2.66. The van der Waals surface area contributed by atoms with Crippen LogP contribution in [0, 0.1) is 26.0 Å². The lowest BCUT2D eigenvalue weighted by molar-refractivity contribution is -0.387. The standard InChI is InChI=1S/C20H13ClFN3O7/c1-31-19-8-11(20(26)23-13-4-5-14(22)15(10-13)24(27)28)2-6-18(19)32-17-7-3-12(21)9-16(17)25(29)30/h2-10H,1H3,(H,23,26). The second-order valence-electron chi connectivity index (χ2n) is 6.21. The Balaban J connectivity index is 1.86. The zero-order valence-electron chi connectivity index (χ0n) is 16.2. The van der Waals surface area contributed by atoms with E-state index in [2.05, 4.69) is 5.32 Å². The Morgan fingerprint density at radius 1 is 0.938 bits per heavy atom. The third-order valence-electron chi connectivity index (χ3n) is 4.16. The number of methoxy groups -OCH3 is 1. The fraction of sp³-hybridized carbons (Fsp3) is 0.0500. The minimum atomic E-state index is -1.03. The molecule has 0 unspecified atom stereocenters. The summed E-state index contributed by atoms with van der Waals surface area (Å²) in [7, 11) is 1.31. The number of hydrogen-bond donors (Lipinski definition) is 1. The van der Waals surface area contributed by atoms with Gasteiger partial charge in [0.05, 0.1) is 17.0 Å². The van der Waals surface area contributed by atoms with Crippen molar-refractivity contribution in [2.75, 3.05) is 12.4 Å². The maximum absolute atomic E-state index is 13.5. The van der Waals surface area contributed by atoms with Crippen LogP contribution in [0.25, 0.3) is 0 Å². The average Bonchev–Trinajstić information content (AvgIpc) is 2.76. The van der Waals surface area contributed by atoms with Crippen molar-refractivity contribution in [2.45, 2.75) is 0 Å². The van der Waals surface area contributed by atoms with Gasteiger partial charge < -0.3 is 14.8 Å². The van der Waals surface area contributed by atoms with Crippen molar-refractivity contribution in [3.8, 4) is 17.2 Å². The van der Waals surface area contributed by atoms with E-state index in [0.717, 1.165) is 18.2 Å². The number of rotatable bonds is 7. The number of nitrogens with zero attached hydrogens (tertiary/aromatic N) is 2. The van der Waals surface area contributed by atoms with E-state index in [1.165, 1.54) is 43.5 Å². The fourth-order valence-corrected chi connectivity index (χ4v) is 2.83. The number of ether oxygens (including phenoxy) is 2. The molecule has 0 aromatic heterocycles. The van der Waals surface area contributed by atoms with E-state index in [1.807, 2.05) is 0 Å². The Bertz CT molecular complexity index is 1240. The van der Waals surface area contributed by atoms with Crippen LogP contribution in [0.1, 0.15) is 10.4 Å². The van der Waals surface area contributed by atoms with Crippen molar-refractivity contribution in [3.63, 3.8) is 0 Å². The van der Waals surface area contributed by atoms with Gasteiger partial charge in [0.2, 0.25) is 11.6 Å². The topological polar surface area (TPSA) is 134 Å². The molecule has 0 fully saturated rings. The highest BCUT2D eigenvalue weighted by Crippen LogP contribution is 2.38. The van der Waals surface area contributed by atoms with Crippen LogP contribution >= 0.6 is 11.6 Å². The smallest absolute Gasteiger partial charge is 0.313 e. The second kappa shape index (κ2) is 9.27. The molecule has 0 radical (unpaired) electrons. The number of amides is 1. The number of nitro benzene ring substituents is 2. The number of halogens is 2. The highest BCUT2D eigenvalue weighted by Gasteiger charge is 2.20. The first kappa shape index (κ1) is 22.4. The molecule has 0 bridgehead atoms. The van der Waals surface area contributed by atoms with E-state index < -0.39 is 27.3 Å². The number of benzene rings is 3. The van der Waals surface area contributed by atoms with Crippen molar-refractivity contribution >= 4 is 34.6 Å². The van der Waals surface area contributed by atoms with Crippen molar-refractivity contribution < 1.29 is 28.5 Å². The van der Waals surface area contributed by atoms with Gasteiger partial charge in [-0.05, 0) is 42.5 Å². The monoisotopic (exact) mass is 461 g/mol. The van der Waals surface area contributed by atoms with Crippen LogP contribution in [-0.2, 0) is 0 Å². The molecule has 0 aliphatic carbocycles. The van der Waals surface area contributed by atoms with Crippen LogP contribution in [0.15, 0.2) is 54.6 Å².